The Morgan fingerprint density at radius 2 is 1.65 bits per heavy atom. The molecule has 0 radical (unpaired) electrons. The van der Waals surface area contributed by atoms with Gasteiger partial charge in [-0.25, -0.2) is 13.1 Å². The van der Waals surface area contributed by atoms with E-state index in [1.165, 1.54) is 24.3 Å². The van der Waals surface area contributed by atoms with E-state index in [1.54, 1.807) is 38.1 Å². The molecule has 1 amide bonds. The van der Waals surface area contributed by atoms with Gasteiger partial charge in [-0.15, -0.1) is 0 Å². The second kappa shape index (κ2) is 9.57. The van der Waals surface area contributed by atoms with Crippen molar-refractivity contribution in [3.05, 3.63) is 71.4 Å². The monoisotopic (exact) mass is 441 g/mol. The lowest BCUT2D eigenvalue weighted by atomic mass is 10.1. The van der Waals surface area contributed by atoms with Gasteiger partial charge in [0, 0.05) is 29.7 Å². The minimum absolute atomic E-state index is 0.00681. The Hall–Kier alpha value is -3.46. The van der Waals surface area contributed by atoms with E-state index in [0.717, 1.165) is 0 Å². The molecule has 0 unspecified atom stereocenters. The summed E-state index contributed by atoms with van der Waals surface area (Å²) in [5, 5.41) is 6.42. The number of sulfonamides is 1. The van der Waals surface area contributed by atoms with E-state index in [-0.39, 0.29) is 35.3 Å². The number of nitrogens with zero attached hydrogens (tertiary/aromatic N) is 1. The first-order valence-corrected chi connectivity index (χ1v) is 11.2. The van der Waals surface area contributed by atoms with Crippen LogP contribution in [0.4, 0.5) is 11.6 Å². The van der Waals surface area contributed by atoms with Gasteiger partial charge in [0.05, 0.1) is 10.6 Å². The fourth-order valence-corrected chi connectivity index (χ4v) is 3.86. The van der Waals surface area contributed by atoms with E-state index in [2.05, 4.69) is 15.2 Å². The molecule has 1 aromatic heterocycles. The normalized spacial score (nSPS) is 11.2. The molecule has 3 aromatic rings. The van der Waals surface area contributed by atoms with Gasteiger partial charge in [0.1, 0.15) is 0 Å². The van der Waals surface area contributed by atoms with Crippen LogP contribution in [-0.2, 0) is 14.8 Å². The van der Waals surface area contributed by atoms with E-state index in [9.17, 15) is 18.0 Å². The van der Waals surface area contributed by atoms with Crippen LogP contribution in [0.1, 0.15) is 40.9 Å². The van der Waals surface area contributed by atoms with Crippen molar-refractivity contribution in [3.63, 3.8) is 0 Å². The van der Waals surface area contributed by atoms with Crippen LogP contribution in [0.25, 0.3) is 0 Å². The lowest BCUT2D eigenvalue weighted by molar-refractivity contribution is -0.116. The third-order valence-electron chi connectivity index (χ3n) is 4.74. The Balaban J connectivity index is 1.52. The minimum atomic E-state index is -3.85. The SMILES string of the molecule is Cc1noc(NS(=O)(=O)c2ccc(NC(=O)CCCC(=O)c3ccccc3)cc2)c1C. The summed E-state index contributed by atoms with van der Waals surface area (Å²) < 4.78 is 32.4. The van der Waals surface area contributed by atoms with Gasteiger partial charge in [0.2, 0.25) is 11.8 Å². The van der Waals surface area contributed by atoms with Crippen molar-refractivity contribution >= 4 is 33.3 Å². The van der Waals surface area contributed by atoms with Crippen molar-refractivity contribution < 1.29 is 22.5 Å². The average Bonchev–Trinajstić information content (AvgIpc) is 3.06. The molecular formula is C22H23N3O5S. The number of hydrogen-bond donors (Lipinski definition) is 2. The Morgan fingerprint density at radius 1 is 0.968 bits per heavy atom. The molecule has 0 saturated carbocycles. The summed E-state index contributed by atoms with van der Waals surface area (Å²) in [5.74, 6) is -0.185. The highest BCUT2D eigenvalue weighted by atomic mass is 32.2. The van der Waals surface area contributed by atoms with Gasteiger partial charge in [-0.1, -0.05) is 35.5 Å². The van der Waals surface area contributed by atoms with Crippen molar-refractivity contribution in [2.24, 2.45) is 0 Å². The van der Waals surface area contributed by atoms with Crippen LogP contribution in [0.3, 0.4) is 0 Å². The number of aromatic nitrogens is 1. The predicted molar refractivity (Wildman–Crippen MR) is 116 cm³/mol. The molecule has 0 saturated heterocycles. The van der Waals surface area contributed by atoms with Gasteiger partial charge in [0.25, 0.3) is 10.0 Å². The van der Waals surface area contributed by atoms with Gasteiger partial charge >= 0.3 is 0 Å². The molecule has 3 rings (SSSR count). The Labute approximate surface area is 180 Å². The van der Waals surface area contributed by atoms with Gasteiger partial charge in [-0.3, -0.25) is 9.59 Å². The van der Waals surface area contributed by atoms with Crippen LogP contribution in [0.5, 0.6) is 0 Å². The number of nitrogens with one attached hydrogen (secondary N) is 2. The van der Waals surface area contributed by atoms with Gasteiger partial charge in [-0.05, 0) is 44.5 Å². The van der Waals surface area contributed by atoms with E-state index in [4.69, 9.17) is 4.52 Å². The van der Waals surface area contributed by atoms with E-state index in [0.29, 0.717) is 28.9 Å². The molecule has 8 nitrogen and oxygen atoms in total. The summed E-state index contributed by atoms with van der Waals surface area (Å²) in [5.41, 5.74) is 2.30. The zero-order valence-electron chi connectivity index (χ0n) is 17.2. The smallest absolute Gasteiger partial charge is 0.264 e. The summed E-state index contributed by atoms with van der Waals surface area (Å²) >= 11 is 0. The number of carbonyl (C=O) groups excluding carboxylic acids is 2. The number of rotatable bonds is 9. The second-order valence-electron chi connectivity index (χ2n) is 7.04. The zero-order valence-corrected chi connectivity index (χ0v) is 18.0. The molecule has 2 aromatic carbocycles. The number of hydrogen-bond acceptors (Lipinski definition) is 6. The number of amides is 1. The lowest BCUT2D eigenvalue weighted by Crippen LogP contribution is -2.14. The molecule has 31 heavy (non-hydrogen) atoms. The van der Waals surface area contributed by atoms with Crippen LogP contribution in [-0.4, -0.2) is 25.3 Å². The van der Waals surface area contributed by atoms with Gasteiger partial charge in [-0.2, -0.15) is 0 Å². The zero-order chi connectivity index (χ0) is 22.4. The fourth-order valence-electron chi connectivity index (χ4n) is 2.81. The third-order valence-corrected chi connectivity index (χ3v) is 6.08. The highest BCUT2D eigenvalue weighted by Gasteiger charge is 2.19. The molecule has 162 valence electrons. The molecule has 9 heteroatoms. The van der Waals surface area contributed by atoms with Crippen molar-refractivity contribution in [2.45, 2.75) is 38.0 Å². The third kappa shape index (κ3) is 5.79. The van der Waals surface area contributed by atoms with E-state index >= 15 is 0 Å². The molecule has 2 N–H and O–H groups in total. The maximum absolute atomic E-state index is 12.5. The summed E-state index contributed by atoms with van der Waals surface area (Å²) in [7, 11) is -3.85. The summed E-state index contributed by atoms with van der Waals surface area (Å²) in [6.07, 6.45) is 0.886. The van der Waals surface area contributed by atoms with Crippen LogP contribution in [0.15, 0.2) is 64.0 Å². The number of anilines is 2. The first-order valence-electron chi connectivity index (χ1n) is 9.70. The van der Waals surface area contributed by atoms with Gasteiger partial charge in [0.15, 0.2) is 5.78 Å². The fraction of sp³-hybridized carbons (Fsp3) is 0.227. The first kappa shape index (κ1) is 22.2. The summed E-state index contributed by atoms with van der Waals surface area (Å²) in [6.45, 7) is 3.42. The number of benzene rings is 2. The molecule has 0 fully saturated rings. The van der Waals surface area contributed by atoms with Crippen molar-refractivity contribution in [2.75, 3.05) is 10.0 Å². The maximum Gasteiger partial charge on any atom is 0.264 e. The van der Waals surface area contributed by atoms with Crippen LogP contribution < -0.4 is 10.0 Å². The summed E-state index contributed by atoms with van der Waals surface area (Å²) in [4.78, 5) is 24.2. The van der Waals surface area contributed by atoms with Crippen LogP contribution in [0.2, 0.25) is 0 Å². The molecule has 1 heterocycles. The van der Waals surface area contributed by atoms with Crippen molar-refractivity contribution in [1.29, 1.82) is 0 Å². The highest BCUT2D eigenvalue weighted by molar-refractivity contribution is 7.92. The lowest BCUT2D eigenvalue weighted by Gasteiger charge is -2.08. The topological polar surface area (TPSA) is 118 Å². The maximum atomic E-state index is 12.5. The van der Waals surface area contributed by atoms with Crippen LogP contribution in [0, 0.1) is 13.8 Å². The molecule has 0 aliphatic rings. The highest BCUT2D eigenvalue weighted by Crippen LogP contribution is 2.22. The number of carbonyl (C=O) groups is 2. The molecule has 0 spiro atoms. The number of ketones is 1. The Kier molecular flexibility index (Phi) is 6.86. The average molecular weight is 442 g/mol. The van der Waals surface area contributed by atoms with Gasteiger partial charge < -0.3 is 9.84 Å². The van der Waals surface area contributed by atoms with E-state index < -0.39 is 10.0 Å². The molecule has 0 aliphatic heterocycles. The predicted octanol–water partition coefficient (Wildman–Crippen LogP) is 4.08. The van der Waals surface area contributed by atoms with Crippen LogP contribution >= 0.6 is 0 Å². The molecular weight excluding hydrogens is 418 g/mol. The Bertz CT molecular complexity index is 1170. The quantitative estimate of drug-likeness (QED) is 0.483. The molecule has 0 atom stereocenters. The van der Waals surface area contributed by atoms with Crippen molar-refractivity contribution in [3.8, 4) is 0 Å². The Morgan fingerprint density at radius 3 is 2.26 bits per heavy atom. The number of aryl methyl sites for hydroxylation is 1. The number of Topliss-reactive ketones (excluding diaryl/α,β-unsaturated/α-hetero) is 1. The van der Waals surface area contributed by atoms with E-state index in [1.807, 2.05) is 6.07 Å². The standard InChI is InChI=1S/C22H23N3O5S/c1-15-16(2)24-30-22(15)25-31(28,29)19-13-11-18(12-14-19)23-21(27)10-6-9-20(26)17-7-4-3-5-8-17/h3-5,7-8,11-14,25H,6,9-10H2,1-2H3,(H,23,27). The minimum Gasteiger partial charge on any atom is -0.337 e. The summed E-state index contributed by atoms with van der Waals surface area (Å²) in [6, 6.07) is 14.7. The second-order valence-corrected chi connectivity index (χ2v) is 8.73. The van der Waals surface area contributed by atoms with Crippen molar-refractivity contribution in [1.82, 2.24) is 5.16 Å². The molecule has 0 bridgehead atoms. The largest absolute Gasteiger partial charge is 0.337 e. The first-order chi connectivity index (χ1) is 14.8. The molecule has 0 aliphatic carbocycles.